The fourth-order valence-electron chi connectivity index (χ4n) is 2.01. The number of rotatable bonds is 2. The van der Waals surface area contributed by atoms with Crippen LogP contribution in [0.4, 0.5) is 5.69 Å². The van der Waals surface area contributed by atoms with Crippen molar-refractivity contribution in [1.82, 2.24) is 4.98 Å². The van der Waals surface area contributed by atoms with Gasteiger partial charge in [0.1, 0.15) is 0 Å². The molecule has 17 heavy (non-hydrogen) atoms. The first-order chi connectivity index (χ1) is 8.05. The molecule has 2 heterocycles. The fraction of sp³-hybridized carbons (Fsp3) is 0.643. The minimum absolute atomic E-state index is 0.105. The topological polar surface area (TPSA) is 34.1 Å². The van der Waals surface area contributed by atoms with Crippen molar-refractivity contribution >= 4 is 5.69 Å². The maximum atomic E-state index is 5.36. The van der Waals surface area contributed by atoms with E-state index in [9.17, 15) is 0 Å². The summed E-state index contributed by atoms with van der Waals surface area (Å²) >= 11 is 0. The van der Waals surface area contributed by atoms with Gasteiger partial charge in [-0.15, -0.1) is 0 Å². The quantitative estimate of drug-likeness (QED) is 0.854. The zero-order valence-electron chi connectivity index (χ0n) is 11.0. The van der Waals surface area contributed by atoms with E-state index in [1.807, 2.05) is 12.3 Å². The van der Waals surface area contributed by atoms with E-state index >= 15 is 0 Å². The average molecular weight is 234 g/mol. The van der Waals surface area contributed by atoms with Crippen molar-refractivity contribution in [3.8, 4) is 0 Å². The number of hydrogen-bond donors (Lipinski definition) is 1. The molecule has 1 aliphatic heterocycles. The van der Waals surface area contributed by atoms with E-state index in [4.69, 9.17) is 4.74 Å². The van der Waals surface area contributed by atoms with E-state index in [-0.39, 0.29) is 5.41 Å². The first-order valence-electron chi connectivity index (χ1n) is 6.36. The Morgan fingerprint density at radius 3 is 2.65 bits per heavy atom. The molecule has 0 unspecified atom stereocenters. The van der Waals surface area contributed by atoms with Crippen LogP contribution >= 0.6 is 0 Å². The molecule has 0 radical (unpaired) electrons. The summed E-state index contributed by atoms with van der Waals surface area (Å²) in [6.45, 7) is 8.30. The molecule has 0 spiro atoms. The molecule has 1 fully saturated rings. The lowest BCUT2D eigenvalue weighted by Gasteiger charge is -2.25. The average Bonchev–Trinajstić information content (AvgIpc) is 2.29. The largest absolute Gasteiger partial charge is 0.382 e. The minimum Gasteiger partial charge on any atom is -0.382 e. The van der Waals surface area contributed by atoms with E-state index in [2.05, 4.69) is 37.1 Å². The van der Waals surface area contributed by atoms with Gasteiger partial charge in [-0.05, 0) is 25.0 Å². The number of anilines is 1. The molecule has 1 N–H and O–H groups in total. The Morgan fingerprint density at radius 2 is 2.00 bits per heavy atom. The van der Waals surface area contributed by atoms with Crippen molar-refractivity contribution in [2.24, 2.45) is 0 Å². The van der Waals surface area contributed by atoms with Gasteiger partial charge in [0.2, 0.25) is 0 Å². The molecule has 0 atom stereocenters. The molecular weight excluding hydrogens is 212 g/mol. The molecule has 3 nitrogen and oxygen atoms in total. The van der Waals surface area contributed by atoms with E-state index in [1.54, 1.807) is 0 Å². The van der Waals surface area contributed by atoms with Crippen LogP contribution in [0.15, 0.2) is 18.3 Å². The maximum absolute atomic E-state index is 5.36. The second-order valence-electron chi connectivity index (χ2n) is 5.71. The van der Waals surface area contributed by atoms with Gasteiger partial charge in [-0.2, -0.15) is 0 Å². The third kappa shape index (κ3) is 3.43. The van der Waals surface area contributed by atoms with Gasteiger partial charge in [0.05, 0.1) is 0 Å². The van der Waals surface area contributed by atoms with Gasteiger partial charge in [-0.1, -0.05) is 20.8 Å². The lowest BCUT2D eigenvalue weighted by molar-refractivity contribution is 0.0904. The highest BCUT2D eigenvalue weighted by Gasteiger charge is 2.17. The van der Waals surface area contributed by atoms with Crippen molar-refractivity contribution in [3.63, 3.8) is 0 Å². The predicted octanol–water partition coefficient (Wildman–Crippen LogP) is 2.97. The van der Waals surface area contributed by atoms with Gasteiger partial charge in [0.25, 0.3) is 0 Å². The number of pyridine rings is 1. The highest BCUT2D eigenvalue weighted by Crippen LogP contribution is 2.23. The molecule has 0 saturated carbocycles. The summed E-state index contributed by atoms with van der Waals surface area (Å²) in [4.78, 5) is 4.44. The Balaban J connectivity index is 2.05. The molecule has 0 aromatic carbocycles. The summed E-state index contributed by atoms with van der Waals surface area (Å²) in [5.74, 6) is 0. The maximum Gasteiger partial charge on any atom is 0.0485 e. The molecule has 3 heteroatoms. The molecule has 1 saturated heterocycles. The summed E-state index contributed by atoms with van der Waals surface area (Å²) in [7, 11) is 0. The third-order valence-corrected chi connectivity index (χ3v) is 3.12. The Labute approximate surface area is 104 Å². The Kier molecular flexibility index (Phi) is 3.67. The highest BCUT2D eigenvalue weighted by molar-refractivity contribution is 5.45. The van der Waals surface area contributed by atoms with Crippen molar-refractivity contribution in [2.45, 2.75) is 45.1 Å². The molecule has 1 aliphatic rings. The predicted molar refractivity (Wildman–Crippen MR) is 70.4 cm³/mol. The molecule has 0 aliphatic carbocycles. The molecular formula is C14H22N2O. The van der Waals surface area contributed by atoms with Crippen LogP contribution in [0.5, 0.6) is 0 Å². The Bertz CT molecular complexity index is 365. The van der Waals surface area contributed by atoms with Crippen LogP contribution in [-0.2, 0) is 10.2 Å². The fourth-order valence-corrected chi connectivity index (χ4v) is 2.01. The second kappa shape index (κ2) is 5.05. The molecule has 0 amide bonds. The van der Waals surface area contributed by atoms with Gasteiger partial charge < -0.3 is 10.1 Å². The van der Waals surface area contributed by atoms with Gasteiger partial charge >= 0.3 is 0 Å². The van der Waals surface area contributed by atoms with E-state index < -0.39 is 0 Å². The summed E-state index contributed by atoms with van der Waals surface area (Å²) in [6, 6.07) is 4.75. The molecule has 1 aromatic heterocycles. The number of nitrogens with one attached hydrogen (secondary N) is 1. The second-order valence-corrected chi connectivity index (χ2v) is 5.71. The van der Waals surface area contributed by atoms with Gasteiger partial charge in [-0.3, -0.25) is 4.98 Å². The van der Waals surface area contributed by atoms with Gasteiger partial charge in [0, 0.05) is 42.2 Å². The van der Waals surface area contributed by atoms with E-state index in [0.717, 1.165) is 31.7 Å². The zero-order chi connectivity index (χ0) is 12.3. The number of ether oxygens (including phenoxy) is 1. The monoisotopic (exact) mass is 234 g/mol. The van der Waals surface area contributed by atoms with Crippen LogP contribution in [0.1, 0.15) is 39.3 Å². The van der Waals surface area contributed by atoms with E-state index in [0.29, 0.717) is 6.04 Å². The molecule has 1 aromatic rings. The smallest absolute Gasteiger partial charge is 0.0485 e. The van der Waals surface area contributed by atoms with Crippen LogP contribution in [0.25, 0.3) is 0 Å². The van der Waals surface area contributed by atoms with Crippen LogP contribution in [0, 0.1) is 0 Å². The molecule has 94 valence electrons. The van der Waals surface area contributed by atoms with Crippen molar-refractivity contribution in [1.29, 1.82) is 0 Å². The summed E-state index contributed by atoms with van der Waals surface area (Å²) in [5.41, 5.74) is 2.42. The lowest BCUT2D eigenvalue weighted by atomic mass is 9.91. The Hall–Kier alpha value is -1.09. The van der Waals surface area contributed by atoms with Gasteiger partial charge in [-0.25, -0.2) is 0 Å². The van der Waals surface area contributed by atoms with Crippen LogP contribution < -0.4 is 5.32 Å². The van der Waals surface area contributed by atoms with Crippen molar-refractivity contribution in [3.05, 3.63) is 24.0 Å². The molecule has 2 rings (SSSR count). The number of nitrogens with zero attached hydrogens (tertiary/aromatic N) is 1. The number of aromatic nitrogens is 1. The normalized spacial score (nSPS) is 18.1. The zero-order valence-corrected chi connectivity index (χ0v) is 11.0. The summed E-state index contributed by atoms with van der Waals surface area (Å²) in [5, 5.41) is 3.57. The Morgan fingerprint density at radius 1 is 1.29 bits per heavy atom. The minimum atomic E-state index is 0.105. The molecule has 0 bridgehead atoms. The summed E-state index contributed by atoms with van der Waals surface area (Å²) < 4.78 is 5.36. The van der Waals surface area contributed by atoms with Gasteiger partial charge in [0.15, 0.2) is 0 Å². The van der Waals surface area contributed by atoms with Crippen LogP contribution in [0.3, 0.4) is 0 Å². The summed E-state index contributed by atoms with van der Waals surface area (Å²) in [6.07, 6.45) is 4.07. The van der Waals surface area contributed by atoms with Crippen molar-refractivity contribution < 1.29 is 4.74 Å². The lowest BCUT2D eigenvalue weighted by Crippen LogP contribution is -2.28. The first-order valence-corrected chi connectivity index (χ1v) is 6.36. The number of hydrogen-bond acceptors (Lipinski definition) is 3. The third-order valence-electron chi connectivity index (χ3n) is 3.12. The van der Waals surface area contributed by atoms with Crippen LogP contribution in [-0.4, -0.2) is 24.2 Å². The first kappa shape index (κ1) is 12.4. The SMILES string of the molecule is CC(C)(C)c1cc(NC2CCOCC2)ccn1. The van der Waals surface area contributed by atoms with E-state index in [1.165, 1.54) is 5.69 Å². The van der Waals surface area contributed by atoms with Crippen LogP contribution in [0.2, 0.25) is 0 Å². The highest BCUT2D eigenvalue weighted by atomic mass is 16.5. The standard InChI is InChI=1S/C14H22N2O/c1-14(2,3)13-10-12(4-7-15-13)16-11-5-8-17-9-6-11/h4,7,10-11H,5-6,8-9H2,1-3H3,(H,15,16). The van der Waals surface area contributed by atoms with Crippen molar-refractivity contribution in [2.75, 3.05) is 18.5 Å².